The maximum absolute atomic E-state index is 11.4. The minimum absolute atomic E-state index is 0.625. The lowest BCUT2D eigenvalue weighted by Gasteiger charge is -2.35. The van der Waals surface area contributed by atoms with Crippen LogP contribution in [0.5, 0.6) is 0 Å². The summed E-state index contributed by atoms with van der Waals surface area (Å²) in [5.41, 5.74) is 0.878. The number of methoxy groups -OCH3 is 1. The molecule has 0 fully saturated rings. The second-order valence-electron chi connectivity index (χ2n) is 6.42. The molecule has 0 heterocycles. The number of quaternary nitrogens is 1. The van der Waals surface area contributed by atoms with Crippen molar-refractivity contribution in [1.29, 1.82) is 0 Å². The number of hydrogen-bond acceptors (Lipinski definition) is 2. The van der Waals surface area contributed by atoms with E-state index in [-0.39, 0.29) is 0 Å². The van der Waals surface area contributed by atoms with E-state index in [0.717, 1.165) is 17.7 Å². The highest BCUT2D eigenvalue weighted by atomic mass is 16.5. The Hall–Kier alpha value is -1.68. The zero-order valence-corrected chi connectivity index (χ0v) is 13.7. The molecule has 0 amide bonds. The summed E-state index contributed by atoms with van der Waals surface area (Å²) < 4.78 is 5.98. The van der Waals surface area contributed by atoms with Gasteiger partial charge in [-0.1, -0.05) is 60.7 Å². The first-order chi connectivity index (χ1) is 10.5. The molecule has 0 spiro atoms. The first-order valence-electron chi connectivity index (χ1n) is 7.62. The number of benzene rings is 2. The Morgan fingerprint density at radius 1 is 0.909 bits per heavy atom. The summed E-state index contributed by atoms with van der Waals surface area (Å²) >= 11 is 0. The van der Waals surface area contributed by atoms with E-state index in [0.29, 0.717) is 17.6 Å². The van der Waals surface area contributed by atoms with Gasteiger partial charge in [0.05, 0.1) is 20.6 Å². The third-order valence-corrected chi connectivity index (χ3v) is 4.06. The number of rotatable bonds is 7. The van der Waals surface area contributed by atoms with Gasteiger partial charge in [0.25, 0.3) is 0 Å². The lowest BCUT2D eigenvalue weighted by atomic mass is 9.83. The second-order valence-corrected chi connectivity index (χ2v) is 6.42. The lowest BCUT2D eigenvalue weighted by Crippen LogP contribution is -2.45. The molecule has 0 aromatic heterocycles. The molecular formula is C19H26NO2+. The Morgan fingerprint density at radius 2 is 1.36 bits per heavy atom. The summed E-state index contributed by atoms with van der Waals surface area (Å²) in [6, 6.07) is 19.8. The van der Waals surface area contributed by atoms with Gasteiger partial charge < -0.3 is 14.3 Å². The van der Waals surface area contributed by atoms with Gasteiger partial charge in [-0.05, 0) is 11.1 Å². The normalized spacial score (nSPS) is 12.4. The van der Waals surface area contributed by atoms with E-state index in [9.17, 15) is 5.11 Å². The highest BCUT2D eigenvalue weighted by Crippen LogP contribution is 2.33. The Balaban J connectivity index is 2.31. The largest absolute Gasteiger partial charge is 0.380 e. The standard InChI is InChI=1S/C19H26NO2/c1-20(2,16-22-3)15-14-19(21,17-10-6-4-7-11-17)18-12-8-5-9-13-18/h4-13,21H,14-16H2,1-3H3/q+1. The minimum atomic E-state index is -0.980. The van der Waals surface area contributed by atoms with Crippen molar-refractivity contribution in [3.63, 3.8) is 0 Å². The van der Waals surface area contributed by atoms with Crippen molar-refractivity contribution in [2.75, 3.05) is 34.5 Å². The van der Waals surface area contributed by atoms with Crippen LogP contribution in [-0.2, 0) is 10.3 Å². The van der Waals surface area contributed by atoms with Crippen LogP contribution in [0.4, 0.5) is 0 Å². The van der Waals surface area contributed by atoms with Gasteiger partial charge in [0.15, 0.2) is 6.73 Å². The van der Waals surface area contributed by atoms with E-state index in [1.165, 1.54) is 0 Å². The van der Waals surface area contributed by atoms with Crippen molar-refractivity contribution in [2.45, 2.75) is 12.0 Å². The van der Waals surface area contributed by atoms with Crippen LogP contribution < -0.4 is 0 Å². The van der Waals surface area contributed by atoms with Gasteiger partial charge in [-0.3, -0.25) is 0 Å². The zero-order valence-electron chi connectivity index (χ0n) is 13.7. The van der Waals surface area contributed by atoms with Crippen LogP contribution in [0.3, 0.4) is 0 Å². The smallest absolute Gasteiger partial charge is 0.182 e. The monoisotopic (exact) mass is 300 g/mol. The molecule has 3 nitrogen and oxygen atoms in total. The van der Waals surface area contributed by atoms with E-state index < -0.39 is 5.60 Å². The fourth-order valence-corrected chi connectivity index (χ4v) is 2.76. The summed E-state index contributed by atoms with van der Waals surface area (Å²) in [5, 5.41) is 11.4. The summed E-state index contributed by atoms with van der Waals surface area (Å²) in [6.07, 6.45) is 0.636. The van der Waals surface area contributed by atoms with Gasteiger partial charge in [-0.25, -0.2) is 0 Å². The van der Waals surface area contributed by atoms with Gasteiger partial charge in [-0.15, -0.1) is 0 Å². The van der Waals surface area contributed by atoms with Crippen molar-refractivity contribution in [3.05, 3.63) is 71.8 Å². The first-order valence-corrected chi connectivity index (χ1v) is 7.62. The molecule has 2 rings (SSSR count). The average Bonchev–Trinajstić information content (AvgIpc) is 2.54. The Morgan fingerprint density at radius 3 is 1.77 bits per heavy atom. The van der Waals surface area contributed by atoms with Crippen molar-refractivity contribution in [3.8, 4) is 0 Å². The van der Waals surface area contributed by atoms with Crippen molar-refractivity contribution in [1.82, 2.24) is 0 Å². The molecule has 0 saturated carbocycles. The summed E-state index contributed by atoms with van der Waals surface area (Å²) in [5.74, 6) is 0. The molecule has 118 valence electrons. The number of aliphatic hydroxyl groups is 1. The Labute approximate surface area is 133 Å². The number of ether oxygens (including phenoxy) is 1. The summed E-state index contributed by atoms with van der Waals surface area (Å²) in [4.78, 5) is 0. The van der Waals surface area contributed by atoms with Crippen LogP contribution in [0.2, 0.25) is 0 Å². The molecular weight excluding hydrogens is 274 g/mol. The molecule has 0 atom stereocenters. The third-order valence-electron chi connectivity index (χ3n) is 4.06. The molecule has 1 N–H and O–H groups in total. The van der Waals surface area contributed by atoms with Gasteiger partial charge >= 0.3 is 0 Å². The average molecular weight is 300 g/mol. The first kappa shape index (κ1) is 16.7. The van der Waals surface area contributed by atoms with E-state index in [1.54, 1.807) is 7.11 Å². The maximum atomic E-state index is 11.4. The maximum Gasteiger partial charge on any atom is 0.182 e. The van der Waals surface area contributed by atoms with Crippen LogP contribution in [-0.4, -0.2) is 44.1 Å². The second kappa shape index (κ2) is 7.05. The number of nitrogens with zero attached hydrogens (tertiary/aromatic N) is 1. The SMILES string of the molecule is COC[N+](C)(C)CCC(O)(c1ccccc1)c1ccccc1. The van der Waals surface area contributed by atoms with E-state index in [1.807, 2.05) is 60.7 Å². The Kier molecular flexibility index (Phi) is 5.35. The highest BCUT2D eigenvalue weighted by molar-refractivity contribution is 5.35. The molecule has 0 aliphatic rings. The molecule has 2 aromatic carbocycles. The molecule has 0 saturated heterocycles. The molecule has 3 heteroatoms. The van der Waals surface area contributed by atoms with Gasteiger partial charge in [0.2, 0.25) is 0 Å². The third kappa shape index (κ3) is 3.95. The van der Waals surface area contributed by atoms with Crippen LogP contribution in [0.25, 0.3) is 0 Å². The topological polar surface area (TPSA) is 29.5 Å². The van der Waals surface area contributed by atoms with Gasteiger partial charge in [-0.2, -0.15) is 0 Å². The molecule has 0 unspecified atom stereocenters. The predicted octanol–water partition coefficient (Wildman–Crippen LogP) is 2.99. The minimum Gasteiger partial charge on any atom is -0.380 e. The van der Waals surface area contributed by atoms with Crippen molar-refractivity contribution >= 4 is 0 Å². The molecule has 2 aromatic rings. The quantitative estimate of drug-likeness (QED) is 0.629. The van der Waals surface area contributed by atoms with Crippen molar-refractivity contribution in [2.24, 2.45) is 0 Å². The molecule has 0 aliphatic carbocycles. The molecule has 0 radical (unpaired) electrons. The zero-order chi connectivity index (χ0) is 16.1. The van der Waals surface area contributed by atoms with Crippen LogP contribution >= 0.6 is 0 Å². The van der Waals surface area contributed by atoms with Crippen molar-refractivity contribution < 1.29 is 14.3 Å². The Bertz CT molecular complexity index is 527. The molecule has 0 bridgehead atoms. The van der Waals surface area contributed by atoms with Gasteiger partial charge in [0, 0.05) is 13.5 Å². The van der Waals surface area contributed by atoms with E-state index >= 15 is 0 Å². The molecule has 0 aliphatic heterocycles. The summed E-state index contributed by atoms with van der Waals surface area (Å²) in [6.45, 7) is 1.44. The fourth-order valence-electron chi connectivity index (χ4n) is 2.76. The van der Waals surface area contributed by atoms with E-state index in [4.69, 9.17) is 4.74 Å². The van der Waals surface area contributed by atoms with Crippen LogP contribution in [0, 0.1) is 0 Å². The van der Waals surface area contributed by atoms with Crippen LogP contribution in [0.15, 0.2) is 60.7 Å². The highest BCUT2D eigenvalue weighted by Gasteiger charge is 2.33. The van der Waals surface area contributed by atoms with E-state index in [2.05, 4.69) is 14.1 Å². The predicted molar refractivity (Wildman–Crippen MR) is 89.4 cm³/mol. The summed E-state index contributed by atoms with van der Waals surface area (Å²) in [7, 11) is 5.93. The number of hydrogen-bond donors (Lipinski definition) is 1. The fraction of sp³-hybridized carbons (Fsp3) is 0.368. The molecule has 22 heavy (non-hydrogen) atoms. The van der Waals surface area contributed by atoms with Gasteiger partial charge in [0.1, 0.15) is 5.60 Å². The van der Waals surface area contributed by atoms with Crippen LogP contribution in [0.1, 0.15) is 17.5 Å². The lowest BCUT2D eigenvalue weighted by molar-refractivity contribution is -0.909.